The van der Waals surface area contributed by atoms with Crippen molar-refractivity contribution in [1.82, 2.24) is 4.98 Å². The Morgan fingerprint density at radius 1 is 1.41 bits per heavy atom. The zero-order valence-electron chi connectivity index (χ0n) is 11.3. The van der Waals surface area contributed by atoms with Crippen LogP contribution in [0.3, 0.4) is 0 Å². The number of nitrogens with zero attached hydrogens (tertiary/aromatic N) is 1. The summed E-state index contributed by atoms with van der Waals surface area (Å²) in [5, 5.41) is 5.27. The Hall–Kier alpha value is -1.61. The molecular weight excluding hydrogens is 383 g/mol. The molecule has 0 radical (unpaired) electrons. The predicted octanol–water partition coefficient (Wildman–Crippen LogP) is 4.28. The highest BCUT2D eigenvalue weighted by atomic mass is 79.9. The number of hydrogen-bond acceptors (Lipinski definition) is 4. The van der Waals surface area contributed by atoms with E-state index in [9.17, 15) is 18.0 Å². The summed E-state index contributed by atoms with van der Waals surface area (Å²) in [5.74, 6) is -0.370. The zero-order chi connectivity index (χ0) is 16.3. The van der Waals surface area contributed by atoms with Crippen molar-refractivity contribution in [2.75, 3.05) is 17.2 Å². The number of aryl methyl sites for hydroxylation is 1. The van der Waals surface area contributed by atoms with Crippen LogP contribution in [0.15, 0.2) is 28.9 Å². The van der Waals surface area contributed by atoms with Gasteiger partial charge in [-0.15, -0.1) is 0 Å². The Bertz CT molecular complexity index is 687. The quantitative estimate of drug-likeness (QED) is 0.814. The predicted molar refractivity (Wildman–Crippen MR) is 83.1 cm³/mol. The molecule has 9 heteroatoms. The van der Waals surface area contributed by atoms with Crippen molar-refractivity contribution in [3.05, 3.63) is 39.3 Å². The van der Waals surface area contributed by atoms with Gasteiger partial charge in [-0.05, 0) is 30.7 Å². The largest absolute Gasteiger partial charge is 0.427 e. The molecule has 1 heterocycles. The topological polar surface area (TPSA) is 54.0 Å². The Morgan fingerprint density at radius 2 is 2.14 bits per heavy atom. The number of thiazole rings is 1. The molecular formula is C13H11BrF3N3OS. The first-order chi connectivity index (χ1) is 10.3. The van der Waals surface area contributed by atoms with Crippen LogP contribution in [0.5, 0.6) is 0 Å². The normalized spacial score (nSPS) is 11.3. The van der Waals surface area contributed by atoms with Crippen LogP contribution in [0.25, 0.3) is 0 Å². The van der Waals surface area contributed by atoms with E-state index in [0.29, 0.717) is 17.0 Å². The molecule has 0 aliphatic carbocycles. The summed E-state index contributed by atoms with van der Waals surface area (Å²) >= 11 is 3.81. The van der Waals surface area contributed by atoms with E-state index in [0.717, 1.165) is 16.2 Å². The van der Waals surface area contributed by atoms with E-state index in [-0.39, 0.29) is 17.6 Å². The minimum absolute atomic E-state index is 0.0504. The van der Waals surface area contributed by atoms with E-state index in [4.69, 9.17) is 0 Å². The van der Waals surface area contributed by atoms with Crippen LogP contribution in [0, 0.1) is 6.92 Å². The Morgan fingerprint density at radius 3 is 2.73 bits per heavy atom. The lowest BCUT2D eigenvalue weighted by molar-refractivity contribution is -0.134. The Balaban J connectivity index is 1.90. The van der Waals surface area contributed by atoms with E-state index < -0.39 is 11.1 Å². The second-order valence-electron chi connectivity index (χ2n) is 4.39. The van der Waals surface area contributed by atoms with Gasteiger partial charge in [-0.2, -0.15) is 13.2 Å². The molecule has 1 amide bonds. The monoisotopic (exact) mass is 393 g/mol. The average Bonchev–Trinajstić information content (AvgIpc) is 2.89. The summed E-state index contributed by atoms with van der Waals surface area (Å²) in [6.07, 6.45) is -3.68. The molecule has 2 aromatic rings. The molecule has 0 saturated heterocycles. The van der Waals surface area contributed by atoms with Crippen molar-refractivity contribution in [3.63, 3.8) is 0 Å². The van der Waals surface area contributed by atoms with E-state index in [1.807, 2.05) is 6.92 Å². The summed E-state index contributed by atoms with van der Waals surface area (Å²) in [6.45, 7) is 1.71. The molecule has 118 valence electrons. The number of alkyl halides is 3. The lowest BCUT2D eigenvalue weighted by atomic mass is 10.2. The Kier molecular flexibility index (Phi) is 5.07. The number of halogens is 4. The first kappa shape index (κ1) is 16.8. The molecule has 0 atom stereocenters. The highest BCUT2D eigenvalue weighted by Crippen LogP contribution is 2.34. The first-order valence-corrected chi connectivity index (χ1v) is 7.69. The summed E-state index contributed by atoms with van der Waals surface area (Å²) in [7, 11) is 0. The van der Waals surface area contributed by atoms with Crippen molar-refractivity contribution < 1.29 is 18.0 Å². The van der Waals surface area contributed by atoms with Crippen LogP contribution in [0.4, 0.5) is 24.0 Å². The third kappa shape index (κ3) is 4.44. The fourth-order valence-corrected chi connectivity index (χ4v) is 2.50. The average molecular weight is 394 g/mol. The second kappa shape index (κ2) is 6.66. The van der Waals surface area contributed by atoms with Crippen LogP contribution in [-0.2, 0) is 11.0 Å². The fourth-order valence-electron chi connectivity index (χ4n) is 1.57. The van der Waals surface area contributed by atoms with Gasteiger partial charge in [0.05, 0.1) is 12.7 Å². The third-order valence-corrected chi connectivity index (χ3v) is 4.52. The van der Waals surface area contributed by atoms with Gasteiger partial charge >= 0.3 is 6.18 Å². The molecule has 0 spiro atoms. The molecule has 0 aliphatic rings. The summed E-state index contributed by atoms with van der Waals surface area (Å²) in [6, 6.07) is 5.31. The molecule has 22 heavy (non-hydrogen) atoms. The maximum Gasteiger partial charge on any atom is 0.427 e. The third-order valence-electron chi connectivity index (χ3n) is 2.63. The smallest absolute Gasteiger partial charge is 0.352 e. The molecule has 0 saturated carbocycles. The summed E-state index contributed by atoms with van der Waals surface area (Å²) in [5.41, 5.74) is 1.57. The van der Waals surface area contributed by atoms with Crippen molar-refractivity contribution in [2.45, 2.75) is 13.1 Å². The van der Waals surface area contributed by atoms with Crippen LogP contribution >= 0.6 is 27.3 Å². The van der Waals surface area contributed by atoms with E-state index >= 15 is 0 Å². The summed E-state index contributed by atoms with van der Waals surface area (Å²) < 4.78 is 38.2. The molecule has 1 aromatic heterocycles. The molecule has 4 nitrogen and oxygen atoms in total. The van der Waals surface area contributed by atoms with Crippen LogP contribution in [0.2, 0.25) is 0 Å². The number of carbonyl (C=O) groups is 1. The lowest BCUT2D eigenvalue weighted by Crippen LogP contribution is -2.21. The number of carbonyl (C=O) groups excluding carboxylic acids is 1. The highest BCUT2D eigenvalue weighted by Gasteiger charge is 2.33. The molecule has 0 fully saturated rings. The molecule has 1 aromatic carbocycles. The maximum absolute atomic E-state index is 12.4. The zero-order valence-corrected chi connectivity index (χ0v) is 13.7. The molecule has 0 unspecified atom stereocenters. The first-order valence-electron chi connectivity index (χ1n) is 6.08. The van der Waals surface area contributed by atoms with Gasteiger partial charge in [0.2, 0.25) is 5.91 Å². The maximum atomic E-state index is 12.4. The van der Waals surface area contributed by atoms with Gasteiger partial charge < -0.3 is 10.6 Å². The van der Waals surface area contributed by atoms with Gasteiger partial charge in [0.25, 0.3) is 0 Å². The van der Waals surface area contributed by atoms with Gasteiger partial charge in [0.15, 0.2) is 5.13 Å². The van der Waals surface area contributed by atoms with Gasteiger partial charge in [-0.25, -0.2) is 4.98 Å². The van der Waals surface area contributed by atoms with Crippen LogP contribution in [-0.4, -0.2) is 17.4 Å². The van der Waals surface area contributed by atoms with E-state index in [2.05, 4.69) is 31.5 Å². The van der Waals surface area contributed by atoms with Crippen molar-refractivity contribution in [3.8, 4) is 0 Å². The summed E-state index contributed by atoms with van der Waals surface area (Å²) in [4.78, 5) is 14.5. The number of rotatable bonds is 4. The minimum Gasteiger partial charge on any atom is -0.352 e. The van der Waals surface area contributed by atoms with Crippen molar-refractivity contribution >= 4 is 44.0 Å². The molecule has 2 rings (SSSR count). The second-order valence-corrected chi connectivity index (χ2v) is 6.28. The number of anilines is 2. The van der Waals surface area contributed by atoms with Crippen LogP contribution < -0.4 is 10.6 Å². The Labute approximate surface area is 136 Å². The van der Waals surface area contributed by atoms with Crippen molar-refractivity contribution in [1.29, 1.82) is 0 Å². The van der Waals surface area contributed by atoms with Crippen LogP contribution in [0.1, 0.15) is 10.4 Å². The number of amides is 1. The van der Waals surface area contributed by atoms with Gasteiger partial charge in [-0.3, -0.25) is 4.79 Å². The van der Waals surface area contributed by atoms with Gasteiger partial charge in [-0.1, -0.05) is 27.3 Å². The number of nitrogens with one attached hydrogen (secondary N) is 2. The molecule has 0 aliphatic heterocycles. The van der Waals surface area contributed by atoms with Crippen molar-refractivity contribution in [2.24, 2.45) is 0 Å². The molecule has 2 N–H and O–H groups in total. The number of hydrogen-bond donors (Lipinski definition) is 2. The van der Waals surface area contributed by atoms with Gasteiger partial charge in [0.1, 0.15) is 4.88 Å². The lowest BCUT2D eigenvalue weighted by Gasteiger charge is -2.07. The van der Waals surface area contributed by atoms with E-state index in [1.165, 1.54) is 0 Å². The highest BCUT2D eigenvalue weighted by molar-refractivity contribution is 9.10. The number of aromatic nitrogens is 1. The molecule has 0 bridgehead atoms. The standard InChI is InChI=1S/C13H11BrF3N3OS/c1-7-4-8(2-3-9(7)14)20-11(21)6-19-12-18-5-10(22-12)13(15,16)17/h2-5H,6H2,1H3,(H,18,19)(H,20,21). The SMILES string of the molecule is Cc1cc(NC(=O)CNc2ncc(C(F)(F)F)s2)ccc1Br. The number of benzene rings is 1. The van der Waals surface area contributed by atoms with E-state index in [1.54, 1.807) is 18.2 Å². The fraction of sp³-hybridized carbons (Fsp3) is 0.231. The minimum atomic E-state index is -4.42. The van der Waals surface area contributed by atoms with Gasteiger partial charge in [0, 0.05) is 10.2 Å².